The van der Waals surface area contributed by atoms with Crippen molar-refractivity contribution >= 4 is 34.0 Å². The van der Waals surface area contributed by atoms with Crippen LogP contribution in [0, 0.1) is 6.92 Å². The fourth-order valence-electron chi connectivity index (χ4n) is 1.86. The van der Waals surface area contributed by atoms with Crippen LogP contribution in [0.25, 0.3) is 0 Å². The summed E-state index contributed by atoms with van der Waals surface area (Å²) in [4.78, 5) is 0.457. The minimum atomic E-state index is -1.33. The van der Waals surface area contributed by atoms with Gasteiger partial charge in [-0.25, -0.2) is 0 Å². The molecule has 0 bridgehead atoms. The van der Waals surface area contributed by atoms with E-state index in [1.54, 1.807) is 18.2 Å². The first-order valence-electron chi connectivity index (χ1n) is 6.13. The lowest BCUT2D eigenvalue weighted by atomic mass is 10.1. The summed E-state index contributed by atoms with van der Waals surface area (Å²) >= 11 is 12.1. The van der Waals surface area contributed by atoms with Gasteiger partial charge in [0.05, 0.1) is 25.7 Å². The Morgan fingerprint density at radius 3 is 2.20 bits per heavy atom. The van der Waals surface area contributed by atoms with Gasteiger partial charge < -0.3 is 5.73 Å². The van der Waals surface area contributed by atoms with Crippen molar-refractivity contribution in [3.63, 3.8) is 0 Å². The van der Waals surface area contributed by atoms with E-state index in [2.05, 4.69) is 0 Å². The maximum Gasteiger partial charge on any atom is 0.0761 e. The zero-order valence-corrected chi connectivity index (χ0v) is 13.3. The number of rotatable bonds is 4. The van der Waals surface area contributed by atoms with Gasteiger partial charge >= 0.3 is 0 Å². The minimum absolute atomic E-state index is 0.284. The predicted octanol–water partition coefficient (Wildman–Crippen LogP) is 4.11. The van der Waals surface area contributed by atoms with E-state index in [9.17, 15) is 4.21 Å². The molecule has 2 unspecified atom stereocenters. The summed E-state index contributed by atoms with van der Waals surface area (Å²) in [6.45, 7) is 2.01. The molecule has 0 aliphatic heterocycles. The van der Waals surface area contributed by atoms with E-state index in [4.69, 9.17) is 28.9 Å². The highest BCUT2D eigenvalue weighted by Crippen LogP contribution is 2.29. The van der Waals surface area contributed by atoms with Crippen molar-refractivity contribution < 1.29 is 4.21 Å². The quantitative estimate of drug-likeness (QED) is 0.918. The van der Waals surface area contributed by atoms with E-state index in [1.807, 2.05) is 31.2 Å². The van der Waals surface area contributed by atoms with Gasteiger partial charge in [-0.05, 0) is 24.6 Å². The molecule has 0 amide bonds. The standard InChI is InChI=1S/C15H15Cl2NOS/c1-10-5-7-11(8-6-10)14(18)9-20(19)15-12(16)3-2-4-13(15)17/h2-8,14H,9,18H2,1H3. The molecule has 2 rings (SSSR count). The molecule has 2 atom stereocenters. The first kappa shape index (κ1) is 15.5. The zero-order valence-electron chi connectivity index (χ0n) is 11.0. The van der Waals surface area contributed by atoms with Crippen molar-refractivity contribution in [2.24, 2.45) is 5.73 Å². The van der Waals surface area contributed by atoms with E-state index < -0.39 is 10.8 Å². The van der Waals surface area contributed by atoms with Crippen LogP contribution in [0.4, 0.5) is 0 Å². The number of nitrogens with two attached hydrogens (primary N) is 1. The molecular weight excluding hydrogens is 313 g/mol. The molecule has 5 heteroatoms. The highest BCUT2D eigenvalue weighted by Gasteiger charge is 2.17. The summed E-state index contributed by atoms with van der Waals surface area (Å²) in [7, 11) is -1.33. The Morgan fingerprint density at radius 2 is 1.65 bits per heavy atom. The maximum atomic E-state index is 12.4. The topological polar surface area (TPSA) is 43.1 Å². The minimum Gasteiger partial charge on any atom is -0.323 e. The van der Waals surface area contributed by atoms with Gasteiger partial charge in [0.1, 0.15) is 0 Å². The molecule has 20 heavy (non-hydrogen) atoms. The van der Waals surface area contributed by atoms with Crippen LogP contribution in [-0.2, 0) is 10.8 Å². The van der Waals surface area contributed by atoms with Crippen LogP contribution in [0.3, 0.4) is 0 Å². The fourth-order valence-corrected chi connectivity index (χ4v) is 4.03. The van der Waals surface area contributed by atoms with Crippen molar-refractivity contribution in [2.75, 3.05) is 5.75 Å². The van der Waals surface area contributed by atoms with Crippen molar-refractivity contribution in [1.82, 2.24) is 0 Å². The van der Waals surface area contributed by atoms with Crippen LogP contribution >= 0.6 is 23.2 Å². The van der Waals surface area contributed by atoms with Crippen molar-refractivity contribution in [3.8, 4) is 0 Å². The second-order valence-electron chi connectivity index (χ2n) is 4.58. The molecule has 0 spiro atoms. The van der Waals surface area contributed by atoms with Crippen LogP contribution in [-0.4, -0.2) is 9.96 Å². The van der Waals surface area contributed by atoms with Gasteiger partial charge in [0.25, 0.3) is 0 Å². The molecule has 0 saturated carbocycles. The Labute approximate surface area is 131 Å². The van der Waals surface area contributed by atoms with Gasteiger partial charge in [-0.2, -0.15) is 0 Å². The Bertz CT molecular complexity index is 608. The first-order valence-corrected chi connectivity index (χ1v) is 8.21. The summed E-state index contributed by atoms with van der Waals surface area (Å²) < 4.78 is 12.4. The number of hydrogen-bond donors (Lipinski definition) is 1. The van der Waals surface area contributed by atoms with Gasteiger partial charge in [-0.15, -0.1) is 0 Å². The highest BCUT2D eigenvalue weighted by atomic mass is 35.5. The van der Waals surface area contributed by atoms with E-state index in [0.717, 1.165) is 11.1 Å². The second-order valence-corrected chi connectivity index (χ2v) is 6.83. The van der Waals surface area contributed by atoms with Gasteiger partial charge in [-0.3, -0.25) is 4.21 Å². The molecule has 0 fully saturated rings. The molecular formula is C15H15Cl2NOS. The third-order valence-electron chi connectivity index (χ3n) is 2.98. The molecule has 0 aliphatic carbocycles. The fraction of sp³-hybridized carbons (Fsp3) is 0.200. The molecule has 2 N–H and O–H groups in total. The Balaban J connectivity index is 2.17. The largest absolute Gasteiger partial charge is 0.323 e. The Hall–Kier alpha value is -0.870. The lowest BCUT2D eigenvalue weighted by molar-refractivity contribution is 0.675. The van der Waals surface area contributed by atoms with Crippen molar-refractivity contribution in [2.45, 2.75) is 17.9 Å². The van der Waals surface area contributed by atoms with Crippen LogP contribution in [0.1, 0.15) is 17.2 Å². The average molecular weight is 328 g/mol. The number of aryl methyl sites for hydroxylation is 1. The Kier molecular flexibility index (Phi) is 5.22. The summed E-state index contributed by atoms with van der Waals surface area (Å²) in [5.74, 6) is 0.284. The third kappa shape index (κ3) is 3.61. The van der Waals surface area contributed by atoms with Crippen molar-refractivity contribution in [1.29, 1.82) is 0 Å². The normalized spacial score (nSPS) is 14.0. The number of halogens is 2. The van der Waals surface area contributed by atoms with Crippen LogP contribution in [0.5, 0.6) is 0 Å². The van der Waals surface area contributed by atoms with E-state index in [0.29, 0.717) is 14.9 Å². The van der Waals surface area contributed by atoms with Gasteiger partial charge in [-0.1, -0.05) is 59.1 Å². The smallest absolute Gasteiger partial charge is 0.0761 e. The summed E-state index contributed by atoms with van der Waals surface area (Å²) in [5.41, 5.74) is 8.22. The predicted molar refractivity (Wildman–Crippen MR) is 85.8 cm³/mol. The van der Waals surface area contributed by atoms with Crippen molar-refractivity contribution in [3.05, 3.63) is 63.6 Å². The molecule has 2 nitrogen and oxygen atoms in total. The monoisotopic (exact) mass is 327 g/mol. The maximum absolute atomic E-state index is 12.4. The second kappa shape index (κ2) is 6.72. The molecule has 0 saturated heterocycles. The number of benzene rings is 2. The van der Waals surface area contributed by atoms with E-state index >= 15 is 0 Å². The molecule has 0 aliphatic rings. The lowest BCUT2D eigenvalue weighted by Gasteiger charge is -2.13. The van der Waals surface area contributed by atoms with E-state index in [-0.39, 0.29) is 11.8 Å². The first-order chi connectivity index (χ1) is 9.49. The van der Waals surface area contributed by atoms with Gasteiger partial charge in [0, 0.05) is 11.8 Å². The summed E-state index contributed by atoms with van der Waals surface area (Å²) in [6, 6.07) is 12.6. The van der Waals surface area contributed by atoms with Crippen LogP contribution in [0.2, 0.25) is 10.0 Å². The van der Waals surface area contributed by atoms with E-state index in [1.165, 1.54) is 0 Å². The lowest BCUT2D eigenvalue weighted by Crippen LogP contribution is -2.18. The van der Waals surface area contributed by atoms with Crippen LogP contribution in [0.15, 0.2) is 47.4 Å². The summed E-state index contributed by atoms with van der Waals surface area (Å²) in [6.07, 6.45) is 0. The third-order valence-corrected chi connectivity index (χ3v) is 5.39. The molecule has 2 aromatic rings. The summed E-state index contributed by atoms with van der Waals surface area (Å²) in [5, 5.41) is 0.818. The molecule has 0 radical (unpaired) electrons. The SMILES string of the molecule is Cc1ccc(C(N)CS(=O)c2c(Cl)cccc2Cl)cc1. The van der Waals surface area contributed by atoms with Gasteiger partial charge in [0.15, 0.2) is 0 Å². The molecule has 2 aromatic carbocycles. The zero-order chi connectivity index (χ0) is 14.7. The average Bonchev–Trinajstić information content (AvgIpc) is 2.39. The molecule has 0 heterocycles. The molecule has 0 aromatic heterocycles. The Morgan fingerprint density at radius 1 is 1.10 bits per heavy atom. The highest BCUT2D eigenvalue weighted by molar-refractivity contribution is 7.85. The van der Waals surface area contributed by atoms with Crippen LogP contribution < -0.4 is 5.73 Å². The number of hydrogen-bond acceptors (Lipinski definition) is 2. The molecule has 106 valence electrons. The van der Waals surface area contributed by atoms with Gasteiger partial charge in [0.2, 0.25) is 0 Å².